The number of amides is 1. The third-order valence-electron chi connectivity index (χ3n) is 3.81. The number of para-hydroxylation sites is 2. The van der Waals surface area contributed by atoms with Gasteiger partial charge in [0.05, 0.1) is 5.69 Å². The monoisotopic (exact) mass is 388 g/mol. The van der Waals surface area contributed by atoms with Gasteiger partial charge in [-0.2, -0.15) is 13.2 Å². The zero-order chi connectivity index (χ0) is 20.3. The number of benzene rings is 2. The van der Waals surface area contributed by atoms with E-state index in [2.05, 4.69) is 5.32 Å². The zero-order valence-corrected chi connectivity index (χ0v) is 14.6. The molecule has 0 spiro atoms. The van der Waals surface area contributed by atoms with Crippen LogP contribution in [0.1, 0.15) is 21.6 Å². The summed E-state index contributed by atoms with van der Waals surface area (Å²) < 4.78 is 43.7. The molecule has 0 unspecified atom stereocenters. The molecule has 0 radical (unpaired) electrons. The molecule has 0 aliphatic carbocycles. The van der Waals surface area contributed by atoms with E-state index in [1.54, 1.807) is 41.4 Å². The smallest absolute Gasteiger partial charge is 0.431 e. The number of hydrogen-bond donors (Lipinski definition) is 2. The average Bonchev–Trinajstić information content (AvgIpc) is 2.62. The lowest BCUT2D eigenvalue weighted by Gasteiger charge is -2.13. The van der Waals surface area contributed by atoms with Crippen LogP contribution in [0.2, 0.25) is 0 Å². The Morgan fingerprint density at radius 3 is 2.46 bits per heavy atom. The lowest BCUT2D eigenvalue weighted by molar-refractivity contribution is -0.141. The number of ether oxygens (including phenoxy) is 1. The second kappa shape index (κ2) is 7.59. The normalized spacial score (nSPS) is 11.1. The maximum Gasteiger partial charge on any atom is 0.431 e. The Labute approximate surface area is 157 Å². The molecule has 8 heteroatoms. The first-order chi connectivity index (χ1) is 13.2. The van der Waals surface area contributed by atoms with Gasteiger partial charge in [-0.1, -0.05) is 24.3 Å². The number of anilines is 1. The molecule has 3 aromatic rings. The number of carbonyl (C=O) groups excluding carboxylic acids is 1. The standard InChI is InChI=1S/C20H15F3N2O3/c1-12-5-4-6-13(11-12)28-16-8-3-2-7-15(16)24-18(26)14-9-10-17(20(21,22)23)25-19(14)27/h2-11H,1H3,(H,24,26)(H,25,27). The van der Waals surface area contributed by atoms with E-state index in [4.69, 9.17) is 4.74 Å². The summed E-state index contributed by atoms with van der Waals surface area (Å²) in [7, 11) is 0. The van der Waals surface area contributed by atoms with E-state index in [0.29, 0.717) is 17.6 Å². The van der Waals surface area contributed by atoms with Gasteiger partial charge in [0.2, 0.25) is 0 Å². The summed E-state index contributed by atoms with van der Waals surface area (Å²) in [4.78, 5) is 25.9. The van der Waals surface area contributed by atoms with E-state index in [1.807, 2.05) is 19.1 Å². The topological polar surface area (TPSA) is 71.2 Å². The van der Waals surface area contributed by atoms with Crippen molar-refractivity contribution in [3.8, 4) is 11.5 Å². The van der Waals surface area contributed by atoms with E-state index < -0.39 is 28.9 Å². The van der Waals surface area contributed by atoms with E-state index in [1.165, 1.54) is 0 Å². The number of hydrogen-bond acceptors (Lipinski definition) is 3. The first-order valence-corrected chi connectivity index (χ1v) is 8.19. The fourth-order valence-electron chi connectivity index (χ4n) is 2.47. The molecule has 5 nitrogen and oxygen atoms in total. The number of aromatic amines is 1. The number of carbonyl (C=O) groups is 1. The van der Waals surface area contributed by atoms with Crippen LogP contribution in [0.25, 0.3) is 0 Å². The van der Waals surface area contributed by atoms with Gasteiger partial charge in [-0.3, -0.25) is 9.59 Å². The van der Waals surface area contributed by atoms with Gasteiger partial charge in [-0.25, -0.2) is 0 Å². The van der Waals surface area contributed by atoms with E-state index in [-0.39, 0.29) is 5.69 Å². The molecular formula is C20H15F3N2O3. The molecule has 2 aromatic carbocycles. The minimum absolute atomic E-state index is 0.272. The number of H-pyrrole nitrogens is 1. The van der Waals surface area contributed by atoms with Crippen LogP contribution in [0.4, 0.5) is 18.9 Å². The highest BCUT2D eigenvalue weighted by atomic mass is 19.4. The first-order valence-electron chi connectivity index (χ1n) is 8.19. The maximum atomic E-state index is 12.6. The minimum atomic E-state index is -4.71. The van der Waals surface area contributed by atoms with Gasteiger partial charge in [-0.15, -0.1) is 0 Å². The molecule has 1 heterocycles. The Kier molecular flexibility index (Phi) is 5.21. The molecule has 0 fully saturated rings. The Morgan fingerprint density at radius 1 is 1.04 bits per heavy atom. The Morgan fingerprint density at radius 2 is 1.79 bits per heavy atom. The van der Waals surface area contributed by atoms with Crippen molar-refractivity contribution in [2.75, 3.05) is 5.32 Å². The zero-order valence-electron chi connectivity index (χ0n) is 14.6. The van der Waals surface area contributed by atoms with Crippen LogP contribution in [0.15, 0.2) is 65.5 Å². The van der Waals surface area contributed by atoms with Crippen molar-refractivity contribution in [3.05, 3.63) is 87.8 Å². The van der Waals surface area contributed by atoms with Crippen molar-refractivity contribution >= 4 is 11.6 Å². The average molecular weight is 388 g/mol. The number of alkyl halides is 3. The van der Waals surface area contributed by atoms with Gasteiger partial charge in [0.1, 0.15) is 17.0 Å². The Balaban J connectivity index is 1.84. The van der Waals surface area contributed by atoms with Gasteiger partial charge >= 0.3 is 6.18 Å². The number of pyridine rings is 1. The summed E-state index contributed by atoms with van der Waals surface area (Å²) in [6.07, 6.45) is -4.71. The molecule has 0 saturated carbocycles. The van der Waals surface area contributed by atoms with Crippen LogP contribution in [-0.4, -0.2) is 10.9 Å². The highest BCUT2D eigenvalue weighted by molar-refractivity contribution is 6.04. The number of nitrogens with one attached hydrogen (secondary N) is 2. The minimum Gasteiger partial charge on any atom is -0.455 e. The van der Waals surface area contributed by atoms with Crippen LogP contribution in [0.3, 0.4) is 0 Å². The summed E-state index contributed by atoms with van der Waals surface area (Å²) in [6.45, 7) is 1.90. The lowest BCUT2D eigenvalue weighted by Crippen LogP contribution is -2.25. The molecular weight excluding hydrogens is 373 g/mol. The second-order valence-corrected chi connectivity index (χ2v) is 5.98. The van der Waals surface area contributed by atoms with Crippen molar-refractivity contribution in [1.29, 1.82) is 0 Å². The highest BCUT2D eigenvalue weighted by Crippen LogP contribution is 2.30. The molecule has 0 atom stereocenters. The summed E-state index contributed by atoms with van der Waals surface area (Å²) in [5.41, 5.74) is -1.55. The summed E-state index contributed by atoms with van der Waals surface area (Å²) in [5.74, 6) is 0.0223. The van der Waals surface area contributed by atoms with Crippen LogP contribution in [0.5, 0.6) is 11.5 Å². The van der Waals surface area contributed by atoms with Gasteiger partial charge in [0.25, 0.3) is 11.5 Å². The largest absolute Gasteiger partial charge is 0.455 e. The van der Waals surface area contributed by atoms with E-state index >= 15 is 0 Å². The van der Waals surface area contributed by atoms with E-state index in [9.17, 15) is 22.8 Å². The fourth-order valence-corrected chi connectivity index (χ4v) is 2.47. The summed E-state index contributed by atoms with van der Waals surface area (Å²) >= 11 is 0. The van der Waals surface area contributed by atoms with Crippen molar-refractivity contribution in [1.82, 2.24) is 4.98 Å². The summed E-state index contributed by atoms with van der Waals surface area (Å²) in [5, 5.41) is 2.50. The van der Waals surface area contributed by atoms with Gasteiger partial charge in [-0.05, 0) is 48.9 Å². The number of aromatic nitrogens is 1. The maximum absolute atomic E-state index is 12.6. The Hall–Kier alpha value is -3.55. The molecule has 28 heavy (non-hydrogen) atoms. The van der Waals surface area contributed by atoms with Crippen LogP contribution in [-0.2, 0) is 6.18 Å². The van der Waals surface area contributed by atoms with Gasteiger partial charge in [0.15, 0.2) is 5.75 Å². The van der Waals surface area contributed by atoms with E-state index in [0.717, 1.165) is 11.6 Å². The number of halogens is 3. The Bertz CT molecular complexity index is 1070. The molecule has 0 aliphatic rings. The SMILES string of the molecule is Cc1cccc(Oc2ccccc2NC(=O)c2ccc(C(F)(F)F)[nH]c2=O)c1. The van der Waals surface area contributed by atoms with Crippen molar-refractivity contribution < 1.29 is 22.7 Å². The molecule has 1 aromatic heterocycles. The lowest BCUT2D eigenvalue weighted by atomic mass is 10.2. The highest BCUT2D eigenvalue weighted by Gasteiger charge is 2.32. The van der Waals surface area contributed by atoms with Gasteiger partial charge in [0, 0.05) is 0 Å². The number of rotatable bonds is 4. The predicted molar refractivity (Wildman–Crippen MR) is 97.7 cm³/mol. The predicted octanol–water partition coefficient (Wildman–Crippen LogP) is 4.75. The quantitative estimate of drug-likeness (QED) is 0.678. The van der Waals surface area contributed by atoms with Crippen molar-refractivity contribution in [2.45, 2.75) is 13.1 Å². The molecule has 144 valence electrons. The number of aryl methyl sites for hydroxylation is 1. The molecule has 0 bridgehead atoms. The van der Waals surface area contributed by atoms with Gasteiger partial charge < -0.3 is 15.0 Å². The van der Waals surface area contributed by atoms with Crippen LogP contribution in [0, 0.1) is 6.92 Å². The van der Waals surface area contributed by atoms with Crippen LogP contribution < -0.4 is 15.6 Å². The molecule has 0 aliphatic heterocycles. The second-order valence-electron chi connectivity index (χ2n) is 5.98. The van der Waals surface area contributed by atoms with Crippen molar-refractivity contribution in [3.63, 3.8) is 0 Å². The molecule has 3 rings (SSSR count). The molecule has 0 saturated heterocycles. The molecule has 2 N–H and O–H groups in total. The summed E-state index contributed by atoms with van der Waals surface area (Å²) in [6, 6.07) is 15.3. The third kappa shape index (κ3) is 4.40. The van der Waals surface area contributed by atoms with Crippen molar-refractivity contribution in [2.24, 2.45) is 0 Å². The third-order valence-corrected chi connectivity index (χ3v) is 3.81. The fraction of sp³-hybridized carbons (Fsp3) is 0.100. The first kappa shape index (κ1) is 19.2. The van der Waals surface area contributed by atoms with Crippen LogP contribution >= 0.6 is 0 Å². The molecule has 1 amide bonds.